The number of halogens is 1. The Morgan fingerprint density at radius 1 is 1.17 bits per heavy atom. The fraction of sp³-hybridized carbons (Fsp3) is 0.0588. The molecule has 0 aliphatic heterocycles. The van der Waals surface area contributed by atoms with Gasteiger partial charge in [0.25, 0.3) is 11.8 Å². The third-order valence-corrected chi connectivity index (χ3v) is 3.39. The molecule has 3 N–H and O–H groups in total. The minimum absolute atomic E-state index is 0.127. The van der Waals surface area contributed by atoms with Crippen LogP contribution in [0.25, 0.3) is 11.0 Å². The van der Waals surface area contributed by atoms with Crippen molar-refractivity contribution in [2.75, 3.05) is 5.32 Å². The van der Waals surface area contributed by atoms with Crippen molar-refractivity contribution in [2.45, 2.75) is 6.92 Å². The van der Waals surface area contributed by atoms with Crippen molar-refractivity contribution in [2.24, 2.45) is 5.73 Å². The molecule has 0 atom stereocenters. The van der Waals surface area contributed by atoms with E-state index in [1.807, 2.05) is 13.0 Å². The van der Waals surface area contributed by atoms with Crippen molar-refractivity contribution in [3.8, 4) is 0 Å². The van der Waals surface area contributed by atoms with Gasteiger partial charge < -0.3 is 15.5 Å². The van der Waals surface area contributed by atoms with Crippen molar-refractivity contribution in [3.05, 3.63) is 65.2 Å². The summed E-state index contributed by atoms with van der Waals surface area (Å²) in [5.41, 5.74) is 6.98. The summed E-state index contributed by atoms with van der Waals surface area (Å²) < 4.78 is 18.7. The number of nitrogens with one attached hydrogen (secondary N) is 1. The zero-order valence-electron chi connectivity index (χ0n) is 12.2. The molecule has 1 aromatic heterocycles. The molecule has 2 amide bonds. The summed E-state index contributed by atoms with van der Waals surface area (Å²) in [6.07, 6.45) is 0. The van der Waals surface area contributed by atoms with Gasteiger partial charge in [-0.15, -0.1) is 0 Å². The molecule has 6 heteroatoms. The van der Waals surface area contributed by atoms with Crippen molar-refractivity contribution < 1.29 is 18.4 Å². The first kappa shape index (κ1) is 14.8. The maximum Gasteiger partial charge on any atom is 0.286 e. The van der Waals surface area contributed by atoms with Gasteiger partial charge in [0.2, 0.25) is 5.76 Å². The summed E-state index contributed by atoms with van der Waals surface area (Å²) >= 11 is 0. The fourth-order valence-electron chi connectivity index (χ4n) is 2.32. The third-order valence-electron chi connectivity index (χ3n) is 3.39. The smallest absolute Gasteiger partial charge is 0.286 e. The molecule has 3 aromatic rings. The SMILES string of the molecule is Cc1ccc2oc(C(N)=O)c(NC(=O)c3cccc(F)c3)c2c1. The second-order valence-electron chi connectivity index (χ2n) is 5.13. The van der Waals surface area contributed by atoms with E-state index >= 15 is 0 Å². The number of amides is 2. The van der Waals surface area contributed by atoms with Crippen LogP contribution in [-0.4, -0.2) is 11.8 Å². The number of carbonyl (C=O) groups is 2. The average Bonchev–Trinajstić information content (AvgIpc) is 2.85. The van der Waals surface area contributed by atoms with E-state index in [1.54, 1.807) is 12.1 Å². The predicted molar refractivity (Wildman–Crippen MR) is 83.8 cm³/mol. The number of primary amides is 1. The molecule has 1 heterocycles. The number of carbonyl (C=O) groups excluding carboxylic acids is 2. The molecule has 0 spiro atoms. The van der Waals surface area contributed by atoms with Crippen LogP contribution < -0.4 is 11.1 Å². The Hall–Kier alpha value is -3.15. The Balaban J connectivity index is 2.07. The Bertz CT molecular complexity index is 931. The quantitative estimate of drug-likeness (QED) is 0.778. The summed E-state index contributed by atoms with van der Waals surface area (Å²) in [6, 6.07) is 10.5. The van der Waals surface area contributed by atoms with Gasteiger partial charge in [0, 0.05) is 10.9 Å². The second-order valence-corrected chi connectivity index (χ2v) is 5.13. The summed E-state index contributed by atoms with van der Waals surface area (Å²) in [5, 5.41) is 3.14. The first-order chi connectivity index (χ1) is 11.0. The van der Waals surface area contributed by atoms with Gasteiger partial charge in [-0.3, -0.25) is 9.59 Å². The molecule has 23 heavy (non-hydrogen) atoms. The van der Waals surface area contributed by atoms with Gasteiger partial charge in [0.15, 0.2) is 0 Å². The zero-order valence-corrected chi connectivity index (χ0v) is 12.2. The topological polar surface area (TPSA) is 85.3 Å². The van der Waals surface area contributed by atoms with Crippen LogP contribution in [-0.2, 0) is 0 Å². The van der Waals surface area contributed by atoms with Crippen molar-refractivity contribution in [1.29, 1.82) is 0 Å². The van der Waals surface area contributed by atoms with E-state index in [-0.39, 0.29) is 17.0 Å². The number of benzene rings is 2. The van der Waals surface area contributed by atoms with E-state index in [1.165, 1.54) is 18.2 Å². The lowest BCUT2D eigenvalue weighted by Gasteiger charge is -2.05. The summed E-state index contributed by atoms with van der Waals surface area (Å²) in [4.78, 5) is 23.9. The number of anilines is 1. The molecule has 0 bridgehead atoms. The molecule has 0 fully saturated rings. The molecule has 5 nitrogen and oxygen atoms in total. The molecule has 3 rings (SSSR count). The van der Waals surface area contributed by atoms with Gasteiger partial charge in [0.05, 0.1) is 0 Å². The van der Waals surface area contributed by atoms with E-state index in [4.69, 9.17) is 10.2 Å². The fourth-order valence-corrected chi connectivity index (χ4v) is 2.32. The second kappa shape index (κ2) is 5.57. The number of aryl methyl sites for hydroxylation is 1. The monoisotopic (exact) mass is 312 g/mol. The van der Waals surface area contributed by atoms with Crippen molar-refractivity contribution in [3.63, 3.8) is 0 Å². The normalized spacial score (nSPS) is 10.7. The van der Waals surface area contributed by atoms with Gasteiger partial charge in [-0.2, -0.15) is 0 Å². The molecule has 0 unspecified atom stereocenters. The number of rotatable bonds is 3. The molecule has 0 aliphatic rings. The molecule has 0 saturated carbocycles. The number of hydrogen-bond acceptors (Lipinski definition) is 3. The van der Waals surface area contributed by atoms with Crippen LogP contribution >= 0.6 is 0 Å². The van der Waals surface area contributed by atoms with Gasteiger partial charge >= 0.3 is 0 Å². The maximum atomic E-state index is 13.2. The van der Waals surface area contributed by atoms with Crippen molar-refractivity contribution in [1.82, 2.24) is 0 Å². The highest BCUT2D eigenvalue weighted by atomic mass is 19.1. The molecule has 116 valence electrons. The van der Waals surface area contributed by atoms with Gasteiger partial charge in [-0.25, -0.2) is 4.39 Å². The number of nitrogens with two attached hydrogens (primary N) is 1. The van der Waals surface area contributed by atoms with E-state index in [0.717, 1.165) is 11.6 Å². The molecular formula is C17H13FN2O3. The minimum atomic E-state index is -0.798. The van der Waals surface area contributed by atoms with Crippen LogP contribution in [0.2, 0.25) is 0 Å². The Morgan fingerprint density at radius 3 is 2.65 bits per heavy atom. The van der Waals surface area contributed by atoms with Gasteiger partial charge in [-0.05, 0) is 37.3 Å². The van der Waals surface area contributed by atoms with Crippen LogP contribution in [0.4, 0.5) is 10.1 Å². The van der Waals surface area contributed by atoms with E-state index in [2.05, 4.69) is 5.32 Å². The van der Waals surface area contributed by atoms with E-state index in [0.29, 0.717) is 11.0 Å². The van der Waals surface area contributed by atoms with Gasteiger partial charge in [0.1, 0.15) is 17.1 Å². The number of furan rings is 1. The highest BCUT2D eigenvalue weighted by Crippen LogP contribution is 2.31. The van der Waals surface area contributed by atoms with Crippen LogP contribution in [0.15, 0.2) is 46.9 Å². The van der Waals surface area contributed by atoms with Crippen LogP contribution in [0.3, 0.4) is 0 Å². The highest BCUT2D eigenvalue weighted by Gasteiger charge is 2.21. The Kier molecular flexibility index (Phi) is 3.57. The standard InChI is InChI=1S/C17H13FN2O3/c1-9-5-6-13-12(7-9)14(15(23-13)16(19)21)20-17(22)10-3-2-4-11(18)8-10/h2-8H,1H3,(H2,19,21)(H,20,22). The lowest BCUT2D eigenvalue weighted by molar-refractivity contribution is 0.0977. The molecule has 0 aliphatic carbocycles. The minimum Gasteiger partial charge on any atom is -0.449 e. The van der Waals surface area contributed by atoms with E-state index < -0.39 is 17.6 Å². The first-order valence-corrected chi connectivity index (χ1v) is 6.85. The lowest BCUT2D eigenvalue weighted by Crippen LogP contribution is -2.17. The summed E-state index contributed by atoms with van der Waals surface area (Å²) in [7, 11) is 0. The molecule has 0 radical (unpaired) electrons. The average molecular weight is 312 g/mol. The molecule has 2 aromatic carbocycles. The molecule has 0 saturated heterocycles. The molecular weight excluding hydrogens is 299 g/mol. The van der Waals surface area contributed by atoms with Crippen LogP contribution in [0.5, 0.6) is 0 Å². The maximum absolute atomic E-state index is 13.2. The van der Waals surface area contributed by atoms with Crippen LogP contribution in [0, 0.1) is 12.7 Å². The number of hydrogen-bond donors (Lipinski definition) is 2. The lowest BCUT2D eigenvalue weighted by atomic mass is 10.1. The third kappa shape index (κ3) is 2.78. The Labute approximate surface area is 130 Å². The Morgan fingerprint density at radius 2 is 1.96 bits per heavy atom. The van der Waals surface area contributed by atoms with Gasteiger partial charge in [-0.1, -0.05) is 17.7 Å². The zero-order chi connectivity index (χ0) is 16.6. The first-order valence-electron chi connectivity index (χ1n) is 6.85. The largest absolute Gasteiger partial charge is 0.449 e. The predicted octanol–water partition coefficient (Wildman–Crippen LogP) is 3.23. The van der Waals surface area contributed by atoms with Crippen LogP contribution in [0.1, 0.15) is 26.5 Å². The van der Waals surface area contributed by atoms with Crippen molar-refractivity contribution >= 4 is 28.5 Å². The van der Waals surface area contributed by atoms with E-state index in [9.17, 15) is 14.0 Å². The summed E-state index contributed by atoms with van der Waals surface area (Å²) in [6.45, 7) is 1.87. The number of fused-ring (bicyclic) bond motifs is 1. The highest BCUT2D eigenvalue weighted by molar-refractivity contribution is 6.14. The summed E-state index contributed by atoms with van der Waals surface area (Å²) in [5.74, 6) is -2.03.